The van der Waals surface area contributed by atoms with Crippen LogP contribution in [0.3, 0.4) is 0 Å². The molecule has 5 rings (SSSR count). The van der Waals surface area contributed by atoms with E-state index in [1.165, 1.54) is 23.3 Å². The lowest BCUT2D eigenvalue weighted by atomic mass is 9.95. The number of tetrazole rings is 1. The number of aromatic amines is 1. The minimum atomic E-state index is -0.453. The molecule has 0 fully saturated rings. The van der Waals surface area contributed by atoms with E-state index in [0.29, 0.717) is 23.4 Å². The molecule has 232 valence electrons. The Morgan fingerprint density at radius 3 is 2.18 bits per heavy atom. The number of aldehydes is 1. The number of nitrogens with one attached hydrogen (secondary N) is 4. The summed E-state index contributed by atoms with van der Waals surface area (Å²) in [6, 6.07) is 32.3. The van der Waals surface area contributed by atoms with Crippen LogP contribution in [0.4, 0.5) is 5.69 Å². The van der Waals surface area contributed by atoms with E-state index in [9.17, 15) is 14.4 Å². The van der Waals surface area contributed by atoms with Gasteiger partial charge >= 0.3 is 0 Å². The van der Waals surface area contributed by atoms with Crippen LogP contribution in [-0.2, 0) is 10.3 Å². The fourth-order valence-corrected chi connectivity index (χ4v) is 3.80. The number of carbonyl (C=O) groups excluding carboxylic acids is 3. The van der Waals surface area contributed by atoms with Crippen molar-refractivity contribution in [2.24, 2.45) is 0 Å². The molecule has 11 heteroatoms. The Morgan fingerprint density at radius 1 is 0.889 bits per heavy atom. The molecule has 0 aliphatic carbocycles. The monoisotopic (exact) mass is 606 g/mol. The third-order valence-electron chi connectivity index (χ3n) is 6.57. The van der Waals surface area contributed by atoms with Gasteiger partial charge in [0.25, 0.3) is 5.91 Å². The summed E-state index contributed by atoms with van der Waals surface area (Å²) in [7, 11) is 1.98. The Bertz CT molecular complexity index is 1630. The van der Waals surface area contributed by atoms with Crippen LogP contribution in [0.25, 0.3) is 11.4 Å². The summed E-state index contributed by atoms with van der Waals surface area (Å²) < 4.78 is 0. The highest BCUT2D eigenvalue weighted by molar-refractivity contribution is 5.94. The topological polar surface area (TPSA) is 155 Å². The zero-order valence-electron chi connectivity index (χ0n) is 25.8. The molecule has 4 N–H and O–H groups in total. The highest BCUT2D eigenvalue weighted by Crippen LogP contribution is 2.19. The van der Waals surface area contributed by atoms with Crippen molar-refractivity contribution < 1.29 is 14.4 Å². The molecule has 3 aromatic carbocycles. The van der Waals surface area contributed by atoms with Gasteiger partial charge in [0.05, 0.1) is 0 Å². The number of pyridine rings is 1. The lowest BCUT2D eigenvalue weighted by Crippen LogP contribution is -2.32. The van der Waals surface area contributed by atoms with Gasteiger partial charge in [-0.3, -0.25) is 14.4 Å². The highest BCUT2D eigenvalue weighted by atomic mass is 16.2. The van der Waals surface area contributed by atoms with E-state index < -0.39 is 5.91 Å². The Labute approximate surface area is 262 Å². The maximum Gasteiger partial charge on any atom is 0.269 e. The maximum atomic E-state index is 12.1. The molecule has 11 nitrogen and oxygen atoms in total. The van der Waals surface area contributed by atoms with E-state index in [1.54, 1.807) is 30.3 Å². The van der Waals surface area contributed by atoms with Crippen LogP contribution in [0.15, 0.2) is 103 Å². The first-order chi connectivity index (χ1) is 21.7. The lowest BCUT2D eigenvalue weighted by Gasteiger charge is -2.24. The van der Waals surface area contributed by atoms with Crippen LogP contribution >= 0.6 is 0 Å². The molecular formula is C34H38N8O3. The maximum absolute atomic E-state index is 12.1. The Morgan fingerprint density at radius 2 is 1.58 bits per heavy atom. The normalized spacial score (nSPS) is 10.3. The molecule has 2 aromatic heterocycles. The van der Waals surface area contributed by atoms with Crippen LogP contribution < -0.4 is 16.0 Å². The van der Waals surface area contributed by atoms with Gasteiger partial charge in [0.2, 0.25) is 11.7 Å². The van der Waals surface area contributed by atoms with Crippen molar-refractivity contribution in [3.05, 3.63) is 126 Å². The molecule has 0 aliphatic heterocycles. The van der Waals surface area contributed by atoms with Crippen molar-refractivity contribution >= 4 is 23.8 Å². The average molecular weight is 607 g/mol. The molecule has 0 bridgehead atoms. The number of H-pyrrole nitrogens is 1. The van der Waals surface area contributed by atoms with Crippen molar-refractivity contribution in [2.45, 2.75) is 32.7 Å². The molecular weight excluding hydrogens is 568 g/mol. The minimum Gasteiger partial charge on any atom is -0.350 e. The zero-order chi connectivity index (χ0) is 32.5. The standard InChI is InChI=1S/C17H15N7O3.C10H15N.C7H8/c25-10-13-5-2-6-14(19-13)17(27)18-8-7-15(26)20-12-4-1-3-11(9-12)16-21-23-24-22-16;1-10(2,11-3)9-7-5-4-6-8-9;1-7-5-3-2-4-6-7/h1-6,9-10H,7-8H2,(H,18,27)(H,20,26)(H,21,22,23,24);4-8,11H,1-3H3;2-6H,1H3. The van der Waals surface area contributed by atoms with Gasteiger partial charge in [-0.25, -0.2) is 4.98 Å². The van der Waals surface area contributed by atoms with Crippen LogP contribution in [-0.4, -0.2) is 57.3 Å². The van der Waals surface area contributed by atoms with Gasteiger partial charge in [-0.15, -0.1) is 10.2 Å². The number of hydrogen-bond donors (Lipinski definition) is 4. The van der Waals surface area contributed by atoms with Crippen LogP contribution in [0.2, 0.25) is 0 Å². The summed E-state index contributed by atoms with van der Waals surface area (Å²) in [6.45, 7) is 6.55. The largest absolute Gasteiger partial charge is 0.350 e. The van der Waals surface area contributed by atoms with Gasteiger partial charge in [0.1, 0.15) is 11.4 Å². The van der Waals surface area contributed by atoms with E-state index in [1.807, 2.05) is 31.3 Å². The third kappa shape index (κ3) is 11.6. The van der Waals surface area contributed by atoms with E-state index in [2.05, 4.69) is 98.7 Å². The number of hydrogen-bond acceptors (Lipinski definition) is 8. The van der Waals surface area contributed by atoms with Crippen LogP contribution in [0.5, 0.6) is 0 Å². The number of benzene rings is 3. The third-order valence-corrected chi connectivity index (χ3v) is 6.57. The fraction of sp³-hybridized carbons (Fsp3) is 0.206. The first-order valence-corrected chi connectivity index (χ1v) is 14.3. The summed E-state index contributed by atoms with van der Waals surface area (Å²) in [5, 5.41) is 22.2. The number of carbonyl (C=O) groups is 3. The number of aryl methyl sites for hydroxylation is 1. The smallest absolute Gasteiger partial charge is 0.269 e. The van der Waals surface area contributed by atoms with Crippen molar-refractivity contribution in [1.82, 2.24) is 36.2 Å². The van der Waals surface area contributed by atoms with Crippen LogP contribution in [0, 0.1) is 6.92 Å². The predicted molar refractivity (Wildman–Crippen MR) is 175 cm³/mol. The lowest BCUT2D eigenvalue weighted by molar-refractivity contribution is -0.116. The Balaban J connectivity index is 0.000000249. The van der Waals surface area contributed by atoms with Crippen molar-refractivity contribution in [3.8, 4) is 11.4 Å². The van der Waals surface area contributed by atoms with E-state index in [4.69, 9.17) is 0 Å². The molecule has 0 saturated heterocycles. The van der Waals surface area contributed by atoms with Gasteiger partial charge < -0.3 is 16.0 Å². The summed E-state index contributed by atoms with van der Waals surface area (Å²) in [4.78, 5) is 38.6. The van der Waals surface area contributed by atoms with Gasteiger partial charge in [-0.05, 0) is 62.9 Å². The quantitative estimate of drug-likeness (QED) is 0.172. The average Bonchev–Trinajstić information content (AvgIpc) is 3.62. The summed E-state index contributed by atoms with van der Waals surface area (Å²) in [5.74, 6) is -0.302. The van der Waals surface area contributed by atoms with E-state index >= 15 is 0 Å². The van der Waals surface area contributed by atoms with Gasteiger partial charge in [-0.2, -0.15) is 5.21 Å². The van der Waals surface area contributed by atoms with Gasteiger partial charge in [0, 0.05) is 29.8 Å². The van der Waals surface area contributed by atoms with Crippen molar-refractivity contribution in [2.75, 3.05) is 18.9 Å². The van der Waals surface area contributed by atoms with Crippen LogP contribution in [0.1, 0.15) is 52.4 Å². The SMILES string of the molecule is CNC(C)(C)c1ccccc1.Cc1ccccc1.O=Cc1cccc(C(=O)NCCC(=O)Nc2cccc(-c3nn[nH]n3)c2)n1. The number of amides is 2. The summed E-state index contributed by atoms with van der Waals surface area (Å²) in [6.07, 6.45) is 0.637. The predicted octanol–water partition coefficient (Wildman–Crippen LogP) is 4.97. The fourth-order valence-electron chi connectivity index (χ4n) is 3.80. The second-order valence-electron chi connectivity index (χ2n) is 10.3. The van der Waals surface area contributed by atoms with E-state index in [0.717, 1.165) is 0 Å². The molecule has 2 amide bonds. The van der Waals surface area contributed by atoms with Gasteiger partial charge in [-0.1, -0.05) is 84.4 Å². The minimum absolute atomic E-state index is 0.0749. The molecule has 0 spiro atoms. The zero-order valence-corrected chi connectivity index (χ0v) is 25.8. The first kappa shape index (κ1) is 33.9. The number of nitrogens with zero attached hydrogens (tertiary/aromatic N) is 4. The summed E-state index contributed by atoms with van der Waals surface area (Å²) >= 11 is 0. The molecule has 0 unspecified atom stereocenters. The number of anilines is 1. The second-order valence-corrected chi connectivity index (χ2v) is 10.3. The van der Waals surface area contributed by atoms with E-state index in [-0.39, 0.29) is 35.8 Å². The Hall–Kier alpha value is -5.55. The molecule has 0 atom stereocenters. The first-order valence-electron chi connectivity index (χ1n) is 14.3. The molecule has 0 saturated carbocycles. The number of rotatable bonds is 9. The van der Waals surface area contributed by atoms with Crippen molar-refractivity contribution in [1.29, 1.82) is 0 Å². The molecule has 5 aromatic rings. The molecule has 45 heavy (non-hydrogen) atoms. The molecule has 2 heterocycles. The van der Waals surface area contributed by atoms with Crippen molar-refractivity contribution in [3.63, 3.8) is 0 Å². The molecule has 0 radical (unpaired) electrons. The molecule has 0 aliphatic rings. The van der Waals surface area contributed by atoms with Gasteiger partial charge in [0.15, 0.2) is 6.29 Å². The number of aromatic nitrogens is 5. The summed E-state index contributed by atoms with van der Waals surface area (Å²) in [5.41, 5.74) is 4.30. The Kier molecular flexibility index (Phi) is 13.2. The second kappa shape index (κ2) is 17.5. The highest BCUT2D eigenvalue weighted by Gasteiger charge is 2.16.